The molecule has 0 aromatic carbocycles. The van der Waals surface area contributed by atoms with Gasteiger partial charge in [-0.25, -0.2) is 4.79 Å². The second kappa shape index (κ2) is 7.43. The average molecular weight is 307 g/mol. The molecule has 4 nitrogen and oxygen atoms in total. The number of thiophene rings is 1. The van der Waals surface area contributed by atoms with Gasteiger partial charge >= 0.3 is 5.97 Å². The number of nitrogens with one attached hydrogen (secondary N) is 1. The molecule has 0 amide bonds. The van der Waals surface area contributed by atoms with Crippen molar-refractivity contribution in [2.75, 3.05) is 7.11 Å². The zero-order valence-corrected chi connectivity index (χ0v) is 13.5. The van der Waals surface area contributed by atoms with Crippen molar-refractivity contribution < 1.29 is 13.9 Å². The topological polar surface area (TPSA) is 51.5 Å². The Labute approximate surface area is 129 Å². The molecule has 0 saturated heterocycles. The molecule has 0 spiro atoms. The fraction of sp³-hybridized carbons (Fsp3) is 0.438. The second-order valence-corrected chi connectivity index (χ2v) is 5.89. The molecule has 2 aromatic rings. The van der Waals surface area contributed by atoms with E-state index >= 15 is 0 Å². The first-order valence-electron chi connectivity index (χ1n) is 7.10. The molecule has 0 aliphatic heterocycles. The Morgan fingerprint density at radius 1 is 1.52 bits per heavy atom. The molecule has 21 heavy (non-hydrogen) atoms. The van der Waals surface area contributed by atoms with Gasteiger partial charge in [0.25, 0.3) is 0 Å². The van der Waals surface area contributed by atoms with E-state index in [1.165, 1.54) is 12.0 Å². The molecule has 2 heterocycles. The van der Waals surface area contributed by atoms with Crippen LogP contribution in [-0.4, -0.2) is 13.1 Å². The predicted molar refractivity (Wildman–Crippen MR) is 83.6 cm³/mol. The van der Waals surface area contributed by atoms with Gasteiger partial charge in [0, 0.05) is 10.9 Å². The number of ether oxygens (including phenoxy) is 1. The molecule has 114 valence electrons. The molecule has 2 aromatic heterocycles. The summed E-state index contributed by atoms with van der Waals surface area (Å²) >= 11 is 1.76. The lowest BCUT2D eigenvalue weighted by atomic mass is 10.1. The van der Waals surface area contributed by atoms with Crippen LogP contribution in [0.25, 0.3) is 0 Å². The number of methoxy groups -OCH3 is 1. The van der Waals surface area contributed by atoms with Gasteiger partial charge in [0.1, 0.15) is 17.1 Å². The lowest BCUT2D eigenvalue weighted by Gasteiger charge is -2.15. The summed E-state index contributed by atoms with van der Waals surface area (Å²) in [5, 5.41) is 5.59. The van der Waals surface area contributed by atoms with E-state index in [0.717, 1.165) is 18.6 Å². The molecule has 0 aliphatic carbocycles. The number of hydrogen-bond acceptors (Lipinski definition) is 5. The summed E-state index contributed by atoms with van der Waals surface area (Å²) < 4.78 is 10.4. The van der Waals surface area contributed by atoms with Crippen LogP contribution in [0, 0.1) is 6.92 Å². The van der Waals surface area contributed by atoms with Gasteiger partial charge in [-0.3, -0.25) is 0 Å². The van der Waals surface area contributed by atoms with E-state index in [-0.39, 0.29) is 5.97 Å². The standard InChI is InChI=1S/C16H21NO3S/c1-4-6-14(15-7-5-8-21-15)17-10-12-9-13(11(2)20-12)16(18)19-3/h5,7-9,14,17H,4,6,10H2,1-3H3. The predicted octanol–water partition coefficient (Wildman–Crippen LogP) is 4.07. The van der Waals surface area contributed by atoms with Gasteiger partial charge in [-0.15, -0.1) is 11.3 Å². The highest BCUT2D eigenvalue weighted by Gasteiger charge is 2.17. The maximum absolute atomic E-state index is 11.6. The molecule has 1 atom stereocenters. The third kappa shape index (κ3) is 3.95. The van der Waals surface area contributed by atoms with Crippen LogP contribution in [0.5, 0.6) is 0 Å². The quantitative estimate of drug-likeness (QED) is 0.784. The van der Waals surface area contributed by atoms with Crippen molar-refractivity contribution in [2.24, 2.45) is 0 Å². The van der Waals surface area contributed by atoms with Crippen LogP contribution in [-0.2, 0) is 11.3 Å². The van der Waals surface area contributed by atoms with Gasteiger partial charge < -0.3 is 14.5 Å². The Morgan fingerprint density at radius 3 is 2.95 bits per heavy atom. The average Bonchev–Trinajstić information content (AvgIpc) is 3.12. The summed E-state index contributed by atoms with van der Waals surface area (Å²) in [4.78, 5) is 12.9. The molecule has 0 aliphatic rings. The van der Waals surface area contributed by atoms with Crippen molar-refractivity contribution >= 4 is 17.3 Å². The summed E-state index contributed by atoms with van der Waals surface area (Å²) in [6.45, 7) is 4.55. The third-order valence-corrected chi connectivity index (χ3v) is 4.35. The lowest BCUT2D eigenvalue weighted by molar-refractivity contribution is 0.0599. The minimum atomic E-state index is -0.356. The maximum Gasteiger partial charge on any atom is 0.341 e. The molecule has 1 N–H and O–H groups in total. The molecule has 0 saturated carbocycles. The summed E-state index contributed by atoms with van der Waals surface area (Å²) in [7, 11) is 1.38. The highest BCUT2D eigenvalue weighted by Crippen LogP contribution is 2.24. The minimum Gasteiger partial charge on any atom is -0.465 e. The van der Waals surface area contributed by atoms with E-state index in [2.05, 4.69) is 29.8 Å². The van der Waals surface area contributed by atoms with Gasteiger partial charge in [0.2, 0.25) is 0 Å². The van der Waals surface area contributed by atoms with Gasteiger partial charge in [0.15, 0.2) is 0 Å². The Kier molecular flexibility index (Phi) is 5.59. The van der Waals surface area contributed by atoms with E-state index in [4.69, 9.17) is 9.15 Å². The fourth-order valence-corrected chi connectivity index (χ4v) is 3.13. The zero-order valence-electron chi connectivity index (χ0n) is 12.6. The van der Waals surface area contributed by atoms with Crippen LogP contribution in [0.2, 0.25) is 0 Å². The number of hydrogen-bond donors (Lipinski definition) is 1. The SMILES string of the molecule is CCCC(NCc1cc(C(=O)OC)c(C)o1)c1cccs1. The molecular formula is C16H21NO3S. The number of carbonyl (C=O) groups excluding carboxylic acids is 1. The monoisotopic (exact) mass is 307 g/mol. The highest BCUT2D eigenvalue weighted by atomic mass is 32.1. The molecule has 0 radical (unpaired) electrons. The van der Waals surface area contributed by atoms with Gasteiger partial charge in [-0.05, 0) is 30.9 Å². The third-order valence-electron chi connectivity index (χ3n) is 3.36. The smallest absolute Gasteiger partial charge is 0.341 e. The Hall–Kier alpha value is -1.59. The largest absolute Gasteiger partial charge is 0.465 e. The second-order valence-electron chi connectivity index (χ2n) is 4.91. The summed E-state index contributed by atoms with van der Waals surface area (Å²) in [5.74, 6) is 0.998. The Bertz CT molecular complexity index is 574. The number of carbonyl (C=O) groups is 1. The van der Waals surface area contributed by atoms with Crippen LogP contribution < -0.4 is 5.32 Å². The summed E-state index contributed by atoms with van der Waals surface area (Å²) in [5.41, 5.74) is 0.498. The number of esters is 1. The van der Waals surface area contributed by atoms with Gasteiger partial charge in [0.05, 0.1) is 13.7 Å². The highest BCUT2D eigenvalue weighted by molar-refractivity contribution is 7.10. The van der Waals surface area contributed by atoms with E-state index in [9.17, 15) is 4.79 Å². The van der Waals surface area contributed by atoms with Crippen molar-refractivity contribution in [3.63, 3.8) is 0 Å². The molecule has 2 rings (SSSR count). The fourth-order valence-electron chi connectivity index (χ4n) is 2.29. The first-order valence-corrected chi connectivity index (χ1v) is 7.98. The molecule has 1 unspecified atom stereocenters. The van der Waals surface area contributed by atoms with Crippen molar-refractivity contribution in [1.82, 2.24) is 5.32 Å². The lowest BCUT2D eigenvalue weighted by Crippen LogP contribution is -2.19. The Balaban J connectivity index is 2.02. The molecule has 0 bridgehead atoms. The minimum absolute atomic E-state index is 0.321. The van der Waals surface area contributed by atoms with Crippen LogP contribution in [0.15, 0.2) is 28.0 Å². The van der Waals surface area contributed by atoms with E-state index in [1.54, 1.807) is 24.3 Å². The first-order chi connectivity index (χ1) is 10.2. The van der Waals surface area contributed by atoms with Crippen LogP contribution in [0.1, 0.15) is 52.6 Å². The summed E-state index contributed by atoms with van der Waals surface area (Å²) in [6, 6.07) is 6.29. The summed E-state index contributed by atoms with van der Waals surface area (Å²) in [6.07, 6.45) is 2.18. The van der Waals surface area contributed by atoms with Gasteiger partial charge in [-0.1, -0.05) is 19.4 Å². The van der Waals surface area contributed by atoms with Crippen LogP contribution in [0.3, 0.4) is 0 Å². The molecular weight excluding hydrogens is 286 g/mol. The van der Waals surface area contributed by atoms with Crippen molar-refractivity contribution in [1.29, 1.82) is 0 Å². The Morgan fingerprint density at radius 2 is 2.33 bits per heavy atom. The molecule has 0 fully saturated rings. The van der Waals surface area contributed by atoms with Crippen LogP contribution in [0.4, 0.5) is 0 Å². The van der Waals surface area contributed by atoms with Crippen molar-refractivity contribution in [2.45, 2.75) is 39.3 Å². The number of furan rings is 1. The van der Waals surface area contributed by atoms with Crippen LogP contribution >= 0.6 is 11.3 Å². The first kappa shape index (κ1) is 15.8. The number of aryl methyl sites for hydroxylation is 1. The van der Waals surface area contributed by atoms with Gasteiger partial charge in [-0.2, -0.15) is 0 Å². The van der Waals surface area contributed by atoms with E-state index in [1.807, 2.05) is 0 Å². The molecule has 5 heteroatoms. The normalized spacial score (nSPS) is 12.3. The maximum atomic E-state index is 11.6. The van der Waals surface area contributed by atoms with E-state index in [0.29, 0.717) is 23.9 Å². The van der Waals surface area contributed by atoms with Crippen molar-refractivity contribution in [3.05, 3.63) is 45.5 Å². The zero-order chi connectivity index (χ0) is 15.2. The number of rotatable bonds is 7. The van der Waals surface area contributed by atoms with Crippen molar-refractivity contribution in [3.8, 4) is 0 Å². The van der Waals surface area contributed by atoms with E-state index < -0.39 is 0 Å².